The van der Waals surface area contributed by atoms with E-state index < -0.39 is 0 Å². The van der Waals surface area contributed by atoms with Crippen molar-refractivity contribution in [1.82, 2.24) is 10.2 Å². The summed E-state index contributed by atoms with van der Waals surface area (Å²) in [5.74, 6) is 0. The van der Waals surface area contributed by atoms with Crippen LogP contribution in [-0.4, -0.2) is 37.1 Å². The number of fused-ring (bicyclic) bond motifs is 1. The quantitative estimate of drug-likeness (QED) is 0.564. The van der Waals surface area contributed by atoms with Crippen LogP contribution in [0.3, 0.4) is 0 Å². The Balaban J connectivity index is 0.000000281. The molecular weight excluding hydrogens is 136 g/mol. The average Bonchev–Trinajstić information content (AvgIpc) is 2.55. The maximum absolute atomic E-state index is 3.41. The first-order valence-corrected chi connectivity index (χ1v) is 4.91. The Morgan fingerprint density at radius 2 is 2.09 bits per heavy atom. The molecule has 1 unspecified atom stereocenters. The molecule has 66 valence electrons. The second-order valence-electron chi connectivity index (χ2n) is 3.04. The molecule has 11 heavy (non-hydrogen) atoms. The summed E-state index contributed by atoms with van der Waals surface area (Å²) in [4.78, 5) is 2.61. The van der Waals surface area contributed by atoms with E-state index in [0.29, 0.717) is 0 Å². The number of hydrogen-bond acceptors (Lipinski definition) is 2. The highest BCUT2D eigenvalue weighted by atomic mass is 15.2. The minimum absolute atomic E-state index is 0.888. The molecule has 0 saturated carbocycles. The van der Waals surface area contributed by atoms with Crippen LogP contribution in [-0.2, 0) is 0 Å². The van der Waals surface area contributed by atoms with Gasteiger partial charge in [0.1, 0.15) is 0 Å². The highest BCUT2D eigenvalue weighted by Crippen LogP contribution is 2.17. The van der Waals surface area contributed by atoms with Gasteiger partial charge in [-0.1, -0.05) is 13.8 Å². The number of nitrogens with zero attached hydrogens (tertiary/aromatic N) is 1. The SMILES string of the molecule is C1CC2CNCCN2C1.CC. The number of hydrogen-bond donors (Lipinski definition) is 1. The maximum atomic E-state index is 3.41. The van der Waals surface area contributed by atoms with E-state index in [-0.39, 0.29) is 0 Å². The molecule has 2 heteroatoms. The number of piperazine rings is 1. The maximum Gasteiger partial charge on any atom is 0.0221 e. The van der Waals surface area contributed by atoms with Crippen LogP contribution < -0.4 is 5.32 Å². The van der Waals surface area contributed by atoms with Gasteiger partial charge in [0.2, 0.25) is 0 Å². The average molecular weight is 156 g/mol. The van der Waals surface area contributed by atoms with E-state index in [1.807, 2.05) is 13.8 Å². The van der Waals surface area contributed by atoms with E-state index in [0.717, 1.165) is 6.04 Å². The van der Waals surface area contributed by atoms with E-state index in [9.17, 15) is 0 Å². The van der Waals surface area contributed by atoms with Crippen LogP contribution in [0.5, 0.6) is 0 Å². The van der Waals surface area contributed by atoms with Crippen LogP contribution in [0, 0.1) is 0 Å². The Hall–Kier alpha value is -0.0800. The molecule has 1 N–H and O–H groups in total. The monoisotopic (exact) mass is 156 g/mol. The van der Waals surface area contributed by atoms with E-state index in [1.165, 1.54) is 39.0 Å². The molecule has 2 nitrogen and oxygen atoms in total. The fourth-order valence-electron chi connectivity index (χ4n) is 1.91. The third kappa shape index (κ3) is 2.17. The fourth-order valence-corrected chi connectivity index (χ4v) is 1.91. The van der Waals surface area contributed by atoms with Crippen LogP contribution in [0.1, 0.15) is 26.7 Å². The van der Waals surface area contributed by atoms with Crippen molar-refractivity contribution in [2.45, 2.75) is 32.7 Å². The number of rotatable bonds is 0. The van der Waals surface area contributed by atoms with Crippen LogP contribution in [0.15, 0.2) is 0 Å². The van der Waals surface area contributed by atoms with Crippen molar-refractivity contribution in [2.75, 3.05) is 26.2 Å². The Kier molecular flexibility index (Phi) is 3.87. The van der Waals surface area contributed by atoms with Gasteiger partial charge in [0, 0.05) is 25.7 Å². The molecule has 2 fully saturated rings. The van der Waals surface area contributed by atoms with Crippen molar-refractivity contribution in [1.29, 1.82) is 0 Å². The second-order valence-corrected chi connectivity index (χ2v) is 3.04. The summed E-state index contributed by atoms with van der Waals surface area (Å²) in [6, 6.07) is 0.888. The predicted molar refractivity (Wildman–Crippen MR) is 48.8 cm³/mol. The lowest BCUT2D eigenvalue weighted by atomic mass is 10.2. The lowest BCUT2D eigenvalue weighted by molar-refractivity contribution is 0.212. The van der Waals surface area contributed by atoms with Gasteiger partial charge < -0.3 is 5.32 Å². The van der Waals surface area contributed by atoms with E-state index in [2.05, 4.69) is 10.2 Å². The third-order valence-corrected chi connectivity index (χ3v) is 2.45. The summed E-state index contributed by atoms with van der Waals surface area (Å²) < 4.78 is 0. The van der Waals surface area contributed by atoms with Crippen molar-refractivity contribution in [3.63, 3.8) is 0 Å². The second kappa shape index (κ2) is 4.73. The molecule has 0 spiro atoms. The van der Waals surface area contributed by atoms with Crippen LogP contribution in [0.4, 0.5) is 0 Å². The molecule has 2 aliphatic heterocycles. The van der Waals surface area contributed by atoms with Gasteiger partial charge in [-0.15, -0.1) is 0 Å². The first-order chi connectivity index (χ1) is 5.47. The van der Waals surface area contributed by atoms with Crippen molar-refractivity contribution >= 4 is 0 Å². The largest absolute Gasteiger partial charge is 0.314 e. The summed E-state index contributed by atoms with van der Waals surface area (Å²) in [5.41, 5.74) is 0. The Labute approximate surface area is 70.0 Å². The lowest BCUT2D eigenvalue weighted by Crippen LogP contribution is -2.47. The van der Waals surface area contributed by atoms with Crippen molar-refractivity contribution in [2.24, 2.45) is 0 Å². The van der Waals surface area contributed by atoms with Gasteiger partial charge in [-0.2, -0.15) is 0 Å². The Bertz CT molecular complexity index is 91.7. The van der Waals surface area contributed by atoms with Crippen molar-refractivity contribution in [3.05, 3.63) is 0 Å². The smallest absolute Gasteiger partial charge is 0.0221 e. The van der Waals surface area contributed by atoms with Gasteiger partial charge >= 0.3 is 0 Å². The molecule has 0 amide bonds. The summed E-state index contributed by atoms with van der Waals surface area (Å²) in [6.07, 6.45) is 2.85. The van der Waals surface area contributed by atoms with Crippen LogP contribution >= 0.6 is 0 Å². The molecule has 0 aromatic heterocycles. The zero-order valence-electron chi connectivity index (χ0n) is 7.77. The van der Waals surface area contributed by atoms with E-state index in [4.69, 9.17) is 0 Å². The molecule has 0 aromatic carbocycles. The first kappa shape index (κ1) is 9.01. The first-order valence-electron chi connectivity index (χ1n) is 4.91. The molecule has 0 aliphatic carbocycles. The molecule has 1 atom stereocenters. The fraction of sp³-hybridized carbons (Fsp3) is 1.00. The van der Waals surface area contributed by atoms with Crippen molar-refractivity contribution < 1.29 is 0 Å². The van der Waals surface area contributed by atoms with Gasteiger partial charge in [-0.3, -0.25) is 4.90 Å². The molecular formula is C9H20N2. The van der Waals surface area contributed by atoms with Gasteiger partial charge in [-0.05, 0) is 19.4 Å². The van der Waals surface area contributed by atoms with Gasteiger partial charge in [0.05, 0.1) is 0 Å². The van der Waals surface area contributed by atoms with Crippen LogP contribution in [0.25, 0.3) is 0 Å². The standard InChI is InChI=1S/C7H14N2.C2H6/c1-2-7-6-8-3-5-9(7)4-1;1-2/h7-8H,1-6H2;1-2H3. The Morgan fingerprint density at radius 3 is 2.82 bits per heavy atom. The summed E-state index contributed by atoms with van der Waals surface area (Å²) in [6.45, 7) is 9.08. The highest BCUT2D eigenvalue weighted by Gasteiger charge is 2.25. The molecule has 2 saturated heterocycles. The molecule has 2 rings (SSSR count). The lowest BCUT2D eigenvalue weighted by Gasteiger charge is -2.29. The minimum atomic E-state index is 0.888. The molecule has 0 radical (unpaired) electrons. The van der Waals surface area contributed by atoms with Gasteiger partial charge in [0.25, 0.3) is 0 Å². The minimum Gasteiger partial charge on any atom is -0.314 e. The summed E-state index contributed by atoms with van der Waals surface area (Å²) in [5, 5.41) is 3.41. The highest BCUT2D eigenvalue weighted by molar-refractivity contribution is 4.84. The van der Waals surface area contributed by atoms with Gasteiger partial charge in [-0.25, -0.2) is 0 Å². The molecule has 0 aromatic rings. The summed E-state index contributed by atoms with van der Waals surface area (Å²) >= 11 is 0. The molecule has 0 bridgehead atoms. The zero-order valence-corrected chi connectivity index (χ0v) is 7.77. The summed E-state index contributed by atoms with van der Waals surface area (Å²) in [7, 11) is 0. The zero-order chi connectivity index (χ0) is 8.10. The topological polar surface area (TPSA) is 15.3 Å². The Morgan fingerprint density at radius 1 is 1.27 bits per heavy atom. The van der Waals surface area contributed by atoms with Gasteiger partial charge in [0.15, 0.2) is 0 Å². The van der Waals surface area contributed by atoms with E-state index >= 15 is 0 Å². The predicted octanol–water partition coefficient (Wildman–Crippen LogP) is 1.08. The normalized spacial score (nSPS) is 30.5. The molecule has 2 heterocycles. The third-order valence-electron chi connectivity index (χ3n) is 2.45. The molecule has 2 aliphatic rings. The number of nitrogens with one attached hydrogen (secondary N) is 1. The van der Waals surface area contributed by atoms with Crippen LogP contribution in [0.2, 0.25) is 0 Å². The van der Waals surface area contributed by atoms with Crippen molar-refractivity contribution in [3.8, 4) is 0 Å². The van der Waals surface area contributed by atoms with E-state index in [1.54, 1.807) is 0 Å².